The maximum Gasteiger partial charge on any atom is 0.238 e. The van der Waals surface area contributed by atoms with Gasteiger partial charge < -0.3 is 5.32 Å². The van der Waals surface area contributed by atoms with Crippen LogP contribution in [0.5, 0.6) is 0 Å². The molecule has 1 aromatic carbocycles. The first-order valence-electron chi connectivity index (χ1n) is 7.42. The zero-order valence-electron chi connectivity index (χ0n) is 13.3. The van der Waals surface area contributed by atoms with Crippen LogP contribution < -0.4 is 10.5 Å². The predicted molar refractivity (Wildman–Crippen MR) is 88.8 cm³/mol. The third-order valence-electron chi connectivity index (χ3n) is 4.01. The summed E-state index contributed by atoms with van der Waals surface area (Å²) >= 11 is 0. The largest absolute Gasteiger partial charge is 0.352 e. The molecule has 0 spiro atoms. The number of piperidine rings is 1. The molecule has 134 valence electrons. The van der Waals surface area contributed by atoms with Gasteiger partial charge in [0.15, 0.2) is 0 Å². The molecule has 3 N–H and O–H groups in total. The molecule has 1 fully saturated rings. The van der Waals surface area contributed by atoms with Crippen molar-refractivity contribution < 1.29 is 21.6 Å². The van der Waals surface area contributed by atoms with Gasteiger partial charge in [0.1, 0.15) is 0 Å². The zero-order valence-corrected chi connectivity index (χ0v) is 14.9. The first-order chi connectivity index (χ1) is 11.1. The molecule has 1 saturated heterocycles. The number of primary sulfonamides is 1. The lowest BCUT2D eigenvalue weighted by molar-refractivity contribution is -0.126. The summed E-state index contributed by atoms with van der Waals surface area (Å²) in [4.78, 5) is 12.2. The van der Waals surface area contributed by atoms with Crippen LogP contribution in [0.25, 0.3) is 0 Å². The molecular weight excluding hydrogens is 354 g/mol. The van der Waals surface area contributed by atoms with Crippen molar-refractivity contribution in [3.05, 3.63) is 29.8 Å². The molecule has 24 heavy (non-hydrogen) atoms. The summed E-state index contributed by atoms with van der Waals surface area (Å²) < 4.78 is 46.6. The van der Waals surface area contributed by atoms with Gasteiger partial charge in [-0.15, -0.1) is 0 Å². The standard InChI is InChI=1S/C14H21N3O5S2/c1-23(19,20)17-8-6-12(7-9-17)14(18)16-10-11-2-4-13(5-3-11)24(15,21)22/h2-5,12H,6-10H2,1H3,(H,16,18)(H2,15,21,22). The number of carbonyl (C=O) groups is 1. The van der Waals surface area contributed by atoms with E-state index in [0.717, 1.165) is 5.56 Å². The smallest absolute Gasteiger partial charge is 0.238 e. The molecule has 1 aliphatic heterocycles. The van der Waals surface area contributed by atoms with Crippen LogP contribution in [0, 0.1) is 5.92 Å². The first kappa shape index (κ1) is 18.8. The highest BCUT2D eigenvalue weighted by molar-refractivity contribution is 7.89. The Kier molecular flexibility index (Phi) is 5.63. The van der Waals surface area contributed by atoms with Gasteiger partial charge in [0, 0.05) is 25.6 Å². The third-order valence-corrected chi connectivity index (χ3v) is 6.24. The van der Waals surface area contributed by atoms with E-state index in [-0.39, 0.29) is 23.3 Å². The molecule has 0 unspecified atom stereocenters. The van der Waals surface area contributed by atoms with Crippen LogP contribution in [0.3, 0.4) is 0 Å². The first-order valence-corrected chi connectivity index (χ1v) is 10.8. The highest BCUT2D eigenvalue weighted by Gasteiger charge is 2.28. The van der Waals surface area contributed by atoms with Gasteiger partial charge in [0.25, 0.3) is 0 Å². The molecule has 2 rings (SSSR count). The fraction of sp³-hybridized carbons (Fsp3) is 0.500. The molecule has 1 aromatic rings. The fourth-order valence-electron chi connectivity index (χ4n) is 2.58. The van der Waals surface area contributed by atoms with Gasteiger partial charge in [0.05, 0.1) is 11.2 Å². The van der Waals surface area contributed by atoms with E-state index in [1.165, 1.54) is 22.7 Å². The van der Waals surface area contributed by atoms with E-state index in [0.29, 0.717) is 25.9 Å². The molecule has 1 heterocycles. The van der Waals surface area contributed by atoms with Crippen LogP contribution in [0.15, 0.2) is 29.2 Å². The number of nitrogens with one attached hydrogen (secondary N) is 1. The van der Waals surface area contributed by atoms with Crippen molar-refractivity contribution in [1.82, 2.24) is 9.62 Å². The van der Waals surface area contributed by atoms with E-state index < -0.39 is 20.0 Å². The van der Waals surface area contributed by atoms with Gasteiger partial charge >= 0.3 is 0 Å². The topological polar surface area (TPSA) is 127 Å². The molecule has 1 amide bonds. The third kappa shape index (κ3) is 5.00. The van der Waals surface area contributed by atoms with E-state index in [1.807, 2.05) is 0 Å². The van der Waals surface area contributed by atoms with Crippen molar-refractivity contribution in [1.29, 1.82) is 0 Å². The van der Waals surface area contributed by atoms with Crippen LogP contribution in [0.1, 0.15) is 18.4 Å². The van der Waals surface area contributed by atoms with Gasteiger partial charge in [-0.05, 0) is 30.5 Å². The van der Waals surface area contributed by atoms with Gasteiger partial charge in [-0.1, -0.05) is 12.1 Å². The second-order valence-electron chi connectivity index (χ2n) is 5.84. The van der Waals surface area contributed by atoms with Crippen LogP contribution >= 0.6 is 0 Å². The minimum Gasteiger partial charge on any atom is -0.352 e. The number of hydrogen-bond acceptors (Lipinski definition) is 5. The highest BCUT2D eigenvalue weighted by atomic mass is 32.2. The van der Waals surface area contributed by atoms with Crippen LogP contribution in [-0.2, 0) is 31.4 Å². The summed E-state index contributed by atoms with van der Waals surface area (Å²) in [6.45, 7) is 0.968. The predicted octanol–water partition coefficient (Wildman–Crippen LogP) is -0.378. The summed E-state index contributed by atoms with van der Waals surface area (Å²) in [6, 6.07) is 5.96. The van der Waals surface area contributed by atoms with Crippen molar-refractivity contribution >= 4 is 26.0 Å². The van der Waals surface area contributed by atoms with E-state index >= 15 is 0 Å². The normalized spacial score (nSPS) is 17.6. The van der Waals surface area contributed by atoms with E-state index in [9.17, 15) is 21.6 Å². The second kappa shape index (κ2) is 7.18. The van der Waals surface area contributed by atoms with E-state index in [4.69, 9.17) is 5.14 Å². The van der Waals surface area contributed by atoms with Gasteiger partial charge in [-0.25, -0.2) is 26.3 Å². The molecule has 1 aliphatic rings. The molecule has 8 nitrogen and oxygen atoms in total. The maximum atomic E-state index is 12.2. The Labute approximate surface area is 142 Å². The average molecular weight is 375 g/mol. The average Bonchev–Trinajstić information content (AvgIpc) is 2.51. The van der Waals surface area contributed by atoms with Crippen molar-refractivity contribution in [2.24, 2.45) is 11.1 Å². The number of nitrogens with zero attached hydrogens (tertiary/aromatic N) is 1. The molecule has 0 bridgehead atoms. The lowest BCUT2D eigenvalue weighted by Crippen LogP contribution is -2.42. The van der Waals surface area contributed by atoms with Gasteiger partial charge in [0.2, 0.25) is 26.0 Å². The number of carbonyl (C=O) groups excluding carboxylic acids is 1. The van der Waals surface area contributed by atoms with Crippen molar-refractivity contribution in [2.45, 2.75) is 24.3 Å². The zero-order chi connectivity index (χ0) is 18.0. The molecule has 0 atom stereocenters. The number of rotatable bonds is 5. The number of benzene rings is 1. The minimum atomic E-state index is -3.73. The van der Waals surface area contributed by atoms with Gasteiger partial charge in [-0.3, -0.25) is 4.79 Å². The van der Waals surface area contributed by atoms with E-state index in [2.05, 4.69) is 5.32 Å². The molecule has 0 aromatic heterocycles. The Hall–Kier alpha value is -1.49. The summed E-state index contributed by atoms with van der Waals surface area (Å²) in [7, 11) is -6.93. The number of sulfonamides is 2. The van der Waals surface area contributed by atoms with Crippen LogP contribution in [-0.4, -0.2) is 46.4 Å². The van der Waals surface area contributed by atoms with Gasteiger partial charge in [-0.2, -0.15) is 0 Å². The molecule has 0 radical (unpaired) electrons. The lowest BCUT2D eigenvalue weighted by Gasteiger charge is -2.29. The summed E-state index contributed by atoms with van der Waals surface area (Å²) in [6.07, 6.45) is 2.14. The van der Waals surface area contributed by atoms with Crippen molar-refractivity contribution in [2.75, 3.05) is 19.3 Å². The molecule has 0 aliphatic carbocycles. The van der Waals surface area contributed by atoms with Crippen LogP contribution in [0.2, 0.25) is 0 Å². The molecule has 0 saturated carbocycles. The Morgan fingerprint density at radius 2 is 1.71 bits per heavy atom. The molecule has 10 heteroatoms. The maximum absolute atomic E-state index is 12.2. The highest BCUT2D eigenvalue weighted by Crippen LogP contribution is 2.19. The van der Waals surface area contributed by atoms with Crippen molar-refractivity contribution in [3.8, 4) is 0 Å². The number of hydrogen-bond donors (Lipinski definition) is 2. The quantitative estimate of drug-likeness (QED) is 0.725. The summed E-state index contributed by atoms with van der Waals surface area (Å²) in [5.41, 5.74) is 0.754. The Balaban J connectivity index is 1.86. The van der Waals surface area contributed by atoms with Crippen LogP contribution in [0.4, 0.5) is 0 Å². The number of nitrogens with two attached hydrogens (primary N) is 1. The SMILES string of the molecule is CS(=O)(=O)N1CCC(C(=O)NCc2ccc(S(N)(=O)=O)cc2)CC1. The monoisotopic (exact) mass is 375 g/mol. The summed E-state index contributed by atoms with van der Waals surface area (Å²) in [5.74, 6) is -0.342. The fourth-order valence-corrected chi connectivity index (χ4v) is 3.97. The lowest BCUT2D eigenvalue weighted by atomic mass is 9.97. The molecular formula is C14H21N3O5S2. The Morgan fingerprint density at radius 3 is 2.17 bits per heavy atom. The number of amides is 1. The Morgan fingerprint density at radius 1 is 1.17 bits per heavy atom. The second-order valence-corrected chi connectivity index (χ2v) is 9.39. The summed E-state index contributed by atoms with van der Waals surface area (Å²) in [5, 5.41) is 7.82. The Bertz CT molecular complexity index is 795. The minimum absolute atomic E-state index is 0.0192. The van der Waals surface area contributed by atoms with E-state index in [1.54, 1.807) is 12.1 Å². The van der Waals surface area contributed by atoms with Crippen molar-refractivity contribution in [3.63, 3.8) is 0 Å².